The van der Waals surface area contributed by atoms with Crippen LogP contribution in [0.1, 0.15) is 26.7 Å². The Bertz CT molecular complexity index is 588. The first-order valence-electron chi connectivity index (χ1n) is 6.65. The predicted molar refractivity (Wildman–Crippen MR) is 74.7 cm³/mol. The molecule has 0 aromatic carbocycles. The molecule has 2 N–H and O–H groups in total. The molecule has 3 rings (SSSR count). The van der Waals surface area contributed by atoms with Gasteiger partial charge in [-0.3, -0.25) is 0 Å². The molecule has 8 nitrogen and oxygen atoms in total. The van der Waals surface area contributed by atoms with E-state index in [0.29, 0.717) is 23.8 Å². The molecule has 106 valence electrons. The monoisotopic (exact) mass is 274 g/mol. The van der Waals surface area contributed by atoms with Crippen LogP contribution in [-0.4, -0.2) is 42.3 Å². The molecule has 2 aromatic rings. The molecular weight excluding hydrogens is 256 g/mol. The first kappa shape index (κ1) is 12.8. The molecule has 0 atom stereocenters. The van der Waals surface area contributed by atoms with E-state index in [0.717, 1.165) is 0 Å². The zero-order valence-corrected chi connectivity index (χ0v) is 11.8. The van der Waals surface area contributed by atoms with E-state index in [9.17, 15) is 0 Å². The van der Waals surface area contributed by atoms with E-state index >= 15 is 0 Å². The van der Waals surface area contributed by atoms with Gasteiger partial charge >= 0.3 is 0 Å². The highest BCUT2D eigenvalue weighted by Gasteiger charge is 2.38. The molecule has 0 saturated heterocycles. The largest absolute Gasteiger partial charge is 0.357 e. The Morgan fingerprint density at radius 3 is 2.55 bits per heavy atom. The first-order chi connectivity index (χ1) is 9.58. The van der Waals surface area contributed by atoms with Crippen LogP contribution in [0.3, 0.4) is 0 Å². The van der Waals surface area contributed by atoms with Crippen molar-refractivity contribution in [2.75, 3.05) is 17.7 Å². The molecule has 2 aromatic heterocycles. The van der Waals surface area contributed by atoms with E-state index in [1.165, 1.54) is 23.9 Å². The van der Waals surface area contributed by atoms with Gasteiger partial charge in [0, 0.05) is 12.6 Å². The fourth-order valence-corrected chi connectivity index (χ4v) is 2.14. The Balaban J connectivity index is 1.92. The quantitative estimate of drug-likeness (QED) is 0.843. The lowest BCUT2D eigenvalue weighted by atomic mass is 9.99. The number of anilines is 2. The topological polar surface area (TPSA) is 93.4 Å². The average Bonchev–Trinajstić information content (AvgIpc) is 3.15. The average molecular weight is 274 g/mol. The minimum absolute atomic E-state index is 0.0218. The van der Waals surface area contributed by atoms with Crippen LogP contribution in [0.4, 0.5) is 11.9 Å². The Hall–Kier alpha value is -2.25. The van der Waals surface area contributed by atoms with Gasteiger partial charge in [0.15, 0.2) is 0 Å². The Kier molecular flexibility index (Phi) is 3.00. The maximum absolute atomic E-state index is 4.41. The minimum atomic E-state index is -0.0218. The molecule has 0 bridgehead atoms. The highest BCUT2D eigenvalue weighted by atomic mass is 15.4. The zero-order valence-electron chi connectivity index (χ0n) is 11.8. The summed E-state index contributed by atoms with van der Waals surface area (Å²) in [5.74, 6) is 2.16. The van der Waals surface area contributed by atoms with Gasteiger partial charge in [-0.05, 0) is 32.6 Å². The van der Waals surface area contributed by atoms with Crippen molar-refractivity contribution in [3.8, 4) is 5.95 Å². The van der Waals surface area contributed by atoms with E-state index in [1.54, 1.807) is 13.4 Å². The van der Waals surface area contributed by atoms with Crippen LogP contribution in [-0.2, 0) is 0 Å². The standard InChI is InChI=1S/C12H18N8/c1-12(2,8-4-5-8)19-10-16-9(13-3)17-11(18-10)20-7-14-6-15-20/h6-8H,4-5H2,1-3H3,(H2,13,16,17,18,19). The summed E-state index contributed by atoms with van der Waals surface area (Å²) >= 11 is 0. The molecule has 1 aliphatic carbocycles. The van der Waals surface area contributed by atoms with E-state index in [-0.39, 0.29) is 5.54 Å². The van der Waals surface area contributed by atoms with Gasteiger partial charge in [0.2, 0.25) is 11.9 Å². The number of nitrogens with one attached hydrogen (secondary N) is 2. The van der Waals surface area contributed by atoms with Gasteiger partial charge in [0.1, 0.15) is 12.7 Å². The third kappa shape index (κ3) is 2.54. The molecule has 8 heteroatoms. The molecule has 1 aliphatic rings. The van der Waals surface area contributed by atoms with Crippen LogP contribution < -0.4 is 10.6 Å². The van der Waals surface area contributed by atoms with Gasteiger partial charge in [-0.2, -0.15) is 24.7 Å². The molecule has 1 saturated carbocycles. The van der Waals surface area contributed by atoms with E-state index in [2.05, 4.69) is 49.5 Å². The molecule has 1 fully saturated rings. The van der Waals surface area contributed by atoms with Gasteiger partial charge < -0.3 is 10.6 Å². The van der Waals surface area contributed by atoms with E-state index in [4.69, 9.17) is 0 Å². The molecule has 0 spiro atoms. The second-order valence-electron chi connectivity index (χ2n) is 5.49. The van der Waals surface area contributed by atoms with Crippen LogP contribution in [0.15, 0.2) is 12.7 Å². The van der Waals surface area contributed by atoms with Gasteiger partial charge in [0.25, 0.3) is 5.95 Å². The van der Waals surface area contributed by atoms with E-state index < -0.39 is 0 Å². The molecular formula is C12H18N8. The third-order valence-electron chi connectivity index (χ3n) is 3.50. The lowest BCUT2D eigenvalue weighted by Crippen LogP contribution is -2.34. The summed E-state index contributed by atoms with van der Waals surface area (Å²) < 4.78 is 1.51. The number of hydrogen-bond donors (Lipinski definition) is 2. The number of hydrogen-bond acceptors (Lipinski definition) is 7. The molecule has 20 heavy (non-hydrogen) atoms. The van der Waals surface area contributed by atoms with Crippen LogP contribution in [0, 0.1) is 5.92 Å². The molecule has 0 radical (unpaired) electrons. The van der Waals surface area contributed by atoms with Gasteiger partial charge in [-0.1, -0.05) is 0 Å². The van der Waals surface area contributed by atoms with Crippen molar-refractivity contribution < 1.29 is 0 Å². The fraction of sp³-hybridized carbons (Fsp3) is 0.583. The number of rotatable bonds is 5. The number of aromatic nitrogens is 6. The third-order valence-corrected chi connectivity index (χ3v) is 3.50. The van der Waals surface area contributed by atoms with Gasteiger partial charge in [0.05, 0.1) is 0 Å². The van der Waals surface area contributed by atoms with Crippen molar-refractivity contribution in [3.63, 3.8) is 0 Å². The maximum atomic E-state index is 4.41. The van der Waals surface area contributed by atoms with Crippen molar-refractivity contribution in [3.05, 3.63) is 12.7 Å². The summed E-state index contributed by atoms with van der Waals surface area (Å²) in [6.07, 6.45) is 5.51. The smallest absolute Gasteiger partial charge is 0.258 e. The normalized spacial score (nSPS) is 15.2. The van der Waals surface area contributed by atoms with Crippen molar-refractivity contribution in [2.45, 2.75) is 32.2 Å². The zero-order chi connectivity index (χ0) is 14.2. The summed E-state index contributed by atoms with van der Waals surface area (Å²) in [6.45, 7) is 4.34. The van der Waals surface area contributed by atoms with Gasteiger partial charge in [-0.15, -0.1) is 0 Å². The SMILES string of the molecule is CNc1nc(NC(C)(C)C2CC2)nc(-n2cncn2)n1. The predicted octanol–water partition coefficient (Wildman–Crippen LogP) is 1.09. The van der Waals surface area contributed by atoms with Crippen molar-refractivity contribution in [2.24, 2.45) is 5.92 Å². The molecule has 0 unspecified atom stereocenters. The van der Waals surface area contributed by atoms with Gasteiger partial charge in [-0.25, -0.2) is 4.98 Å². The second-order valence-corrected chi connectivity index (χ2v) is 5.49. The van der Waals surface area contributed by atoms with Crippen LogP contribution in [0.2, 0.25) is 0 Å². The minimum Gasteiger partial charge on any atom is -0.357 e. The van der Waals surface area contributed by atoms with Crippen LogP contribution >= 0.6 is 0 Å². The van der Waals surface area contributed by atoms with Crippen molar-refractivity contribution in [1.29, 1.82) is 0 Å². The van der Waals surface area contributed by atoms with Crippen LogP contribution in [0.5, 0.6) is 0 Å². The highest BCUT2D eigenvalue weighted by Crippen LogP contribution is 2.40. The maximum Gasteiger partial charge on any atom is 0.258 e. The lowest BCUT2D eigenvalue weighted by molar-refractivity contribution is 0.490. The first-order valence-corrected chi connectivity index (χ1v) is 6.65. The summed E-state index contributed by atoms with van der Waals surface area (Å²) in [5.41, 5.74) is -0.0218. The Morgan fingerprint density at radius 1 is 1.20 bits per heavy atom. The molecule has 0 aliphatic heterocycles. The second kappa shape index (κ2) is 4.69. The fourth-order valence-electron chi connectivity index (χ4n) is 2.14. The Labute approximate surface area is 117 Å². The summed E-state index contributed by atoms with van der Waals surface area (Å²) in [7, 11) is 1.77. The van der Waals surface area contributed by atoms with E-state index in [1.807, 2.05) is 0 Å². The Morgan fingerprint density at radius 2 is 1.95 bits per heavy atom. The number of nitrogens with zero attached hydrogens (tertiary/aromatic N) is 6. The molecule has 2 heterocycles. The van der Waals surface area contributed by atoms with Crippen LogP contribution in [0.25, 0.3) is 5.95 Å². The molecule has 0 amide bonds. The summed E-state index contributed by atoms with van der Waals surface area (Å²) in [5, 5.41) is 10.4. The highest BCUT2D eigenvalue weighted by molar-refractivity contribution is 5.39. The summed E-state index contributed by atoms with van der Waals surface area (Å²) in [6, 6.07) is 0. The lowest BCUT2D eigenvalue weighted by Gasteiger charge is -2.26. The van der Waals surface area contributed by atoms with Crippen molar-refractivity contribution >= 4 is 11.9 Å². The van der Waals surface area contributed by atoms with Crippen molar-refractivity contribution in [1.82, 2.24) is 29.7 Å². The summed E-state index contributed by atoms with van der Waals surface area (Å²) in [4.78, 5) is 16.9.